The van der Waals surface area contributed by atoms with Crippen LogP contribution in [0.25, 0.3) is 10.2 Å². The maximum Gasteiger partial charge on any atom is 0.413 e. The summed E-state index contributed by atoms with van der Waals surface area (Å²) < 4.78 is 28.5. The molecule has 0 radical (unpaired) electrons. The Morgan fingerprint density at radius 3 is 2.85 bits per heavy atom. The first-order chi connectivity index (χ1) is 9.40. The molecule has 108 valence electrons. The van der Waals surface area contributed by atoms with E-state index in [-0.39, 0.29) is 4.90 Å². The van der Waals surface area contributed by atoms with Crippen LogP contribution >= 0.6 is 11.3 Å². The van der Waals surface area contributed by atoms with E-state index in [0.717, 1.165) is 12.7 Å². The molecule has 0 fully saturated rings. The van der Waals surface area contributed by atoms with Crippen LogP contribution in [0, 0.1) is 0 Å². The fourth-order valence-electron chi connectivity index (χ4n) is 1.51. The molecular weight excluding hydrogens is 300 g/mol. The van der Waals surface area contributed by atoms with Gasteiger partial charge in [-0.25, -0.2) is 18.2 Å². The Morgan fingerprint density at radius 2 is 2.20 bits per heavy atom. The third-order valence-electron chi connectivity index (χ3n) is 2.43. The van der Waals surface area contributed by atoms with Crippen LogP contribution in [0.1, 0.15) is 13.3 Å². The van der Waals surface area contributed by atoms with E-state index in [2.05, 4.69) is 10.3 Å². The number of sulfone groups is 1. The van der Waals surface area contributed by atoms with E-state index >= 15 is 0 Å². The normalized spacial score (nSPS) is 11.5. The quantitative estimate of drug-likeness (QED) is 0.937. The molecule has 0 atom stereocenters. The van der Waals surface area contributed by atoms with Crippen molar-refractivity contribution in [2.75, 3.05) is 18.2 Å². The fraction of sp³-hybridized carbons (Fsp3) is 0.333. The lowest BCUT2D eigenvalue weighted by Crippen LogP contribution is -2.13. The van der Waals surface area contributed by atoms with E-state index in [4.69, 9.17) is 4.74 Å². The number of nitrogens with one attached hydrogen (secondary N) is 1. The highest BCUT2D eigenvalue weighted by Gasteiger charge is 2.12. The Morgan fingerprint density at radius 1 is 1.45 bits per heavy atom. The molecule has 0 aliphatic heterocycles. The van der Waals surface area contributed by atoms with Gasteiger partial charge < -0.3 is 4.74 Å². The van der Waals surface area contributed by atoms with Gasteiger partial charge in [0.15, 0.2) is 15.0 Å². The van der Waals surface area contributed by atoms with Crippen molar-refractivity contribution in [3.63, 3.8) is 0 Å². The predicted octanol–water partition coefficient (Wildman–Crippen LogP) is 2.66. The van der Waals surface area contributed by atoms with Gasteiger partial charge in [-0.15, -0.1) is 0 Å². The van der Waals surface area contributed by atoms with Crippen molar-refractivity contribution in [1.29, 1.82) is 0 Å². The van der Waals surface area contributed by atoms with Gasteiger partial charge in [0, 0.05) is 6.26 Å². The molecule has 1 aromatic carbocycles. The summed E-state index contributed by atoms with van der Waals surface area (Å²) in [5.74, 6) is 0. The number of carbonyl (C=O) groups is 1. The fourth-order valence-corrected chi connectivity index (χ4v) is 3.12. The molecule has 1 amide bonds. The molecule has 1 aromatic heterocycles. The Kier molecular flexibility index (Phi) is 4.24. The van der Waals surface area contributed by atoms with Gasteiger partial charge in [0.05, 0.1) is 21.7 Å². The number of aromatic nitrogens is 1. The molecule has 0 aliphatic rings. The number of benzene rings is 1. The van der Waals surface area contributed by atoms with Crippen LogP contribution < -0.4 is 5.32 Å². The molecule has 0 bridgehead atoms. The zero-order valence-electron chi connectivity index (χ0n) is 11.0. The van der Waals surface area contributed by atoms with Crippen LogP contribution in [0.5, 0.6) is 0 Å². The number of rotatable bonds is 4. The van der Waals surface area contributed by atoms with Gasteiger partial charge in [-0.2, -0.15) is 0 Å². The van der Waals surface area contributed by atoms with Crippen molar-refractivity contribution in [3.8, 4) is 0 Å². The highest BCUT2D eigenvalue weighted by Crippen LogP contribution is 2.28. The minimum atomic E-state index is -3.25. The minimum absolute atomic E-state index is 0.230. The molecule has 0 unspecified atom stereocenters. The molecular formula is C12H14N2O4S2. The van der Waals surface area contributed by atoms with Crippen LogP contribution in [0.2, 0.25) is 0 Å². The summed E-state index contributed by atoms with van der Waals surface area (Å²) in [5, 5.41) is 2.90. The smallest absolute Gasteiger partial charge is 0.413 e. The number of fused-ring (bicyclic) bond motifs is 1. The summed E-state index contributed by atoms with van der Waals surface area (Å²) in [7, 11) is -3.25. The Labute approximate surface area is 120 Å². The van der Waals surface area contributed by atoms with E-state index in [0.29, 0.717) is 22.0 Å². The van der Waals surface area contributed by atoms with E-state index in [1.165, 1.54) is 17.4 Å². The Hall–Kier alpha value is -1.67. The summed E-state index contributed by atoms with van der Waals surface area (Å²) in [6.45, 7) is 2.24. The zero-order chi connectivity index (χ0) is 14.8. The predicted molar refractivity (Wildman–Crippen MR) is 78.0 cm³/mol. The highest BCUT2D eigenvalue weighted by molar-refractivity contribution is 7.90. The third kappa shape index (κ3) is 3.45. The standard InChI is InChI=1S/C12H14N2O4S2/c1-3-6-18-12(15)14-11-13-9-5-4-8(20(2,16)17)7-10(9)19-11/h4-5,7H,3,6H2,1-2H3,(H,13,14,15). The van der Waals surface area contributed by atoms with Crippen LogP contribution in [0.15, 0.2) is 23.1 Å². The molecule has 1 N–H and O–H groups in total. The first kappa shape index (κ1) is 14.7. The Balaban J connectivity index is 2.23. The second kappa shape index (κ2) is 5.76. The third-order valence-corrected chi connectivity index (χ3v) is 4.48. The molecule has 2 rings (SSSR count). The minimum Gasteiger partial charge on any atom is -0.449 e. The number of hydrogen-bond donors (Lipinski definition) is 1. The molecule has 20 heavy (non-hydrogen) atoms. The van der Waals surface area contributed by atoms with Gasteiger partial charge in [0.1, 0.15) is 0 Å². The summed E-state index contributed by atoms with van der Waals surface area (Å²) in [6, 6.07) is 4.66. The number of thiazole rings is 1. The number of amides is 1. The lowest BCUT2D eigenvalue weighted by molar-refractivity contribution is 0.161. The average Bonchev–Trinajstić information content (AvgIpc) is 2.76. The van der Waals surface area contributed by atoms with Gasteiger partial charge in [-0.3, -0.25) is 5.32 Å². The highest BCUT2D eigenvalue weighted by atomic mass is 32.2. The summed E-state index contributed by atoms with van der Waals surface area (Å²) in [4.78, 5) is 15.8. The summed E-state index contributed by atoms with van der Waals surface area (Å²) in [6.07, 6.45) is 1.33. The van der Waals surface area contributed by atoms with Gasteiger partial charge in [-0.05, 0) is 24.6 Å². The van der Waals surface area contributed by atoms with Gasteiger partial charge in [0.2, 0.25) is 0 Å². The topological polar surface area (TPSA) is 85.4 Å². The first-order valence-corrected chi connectivity index (χ1v) is 8.65. The molecule has 6 nitrogen and oxygen atoms in total. The lowest BCUT2D eigenvalue weighted by Gasteiger charge is -2.01. The number of anilines is 1. The first-order valence-electron chi connectivity index (χ1n) is 5.94. The molecule has 0 saturated heterocycles. The SMILES string of the molecule is CCCOC(=O)Nc1nc2ccc(S(C)(=O)=O)cc2s1. The molecule has 8 heteroatoms. The van der Waals surface area contributed by atoms with Crippen LogP contribution in [0.4, 0.5) is 9.93 Å². The monoisotopic (exact) mass is 314 g/mol. The van der Waals surface area contributed by atoms with Crippen LogP contribution in [-0.2, 0) is 14.6 Å². The van der Waals surface area contributed by atoms with Crippen molar-refractivity contribution in [2.45, 2.75) is 18.2 Å². The van der Waals surface area contributed by atoms with Gasteiger partial charge in [0.25, 0.3) is 0 Å². The van der Waals surface area contributed by atoms with Crippen LogP contribution in [0.3, 0.4) is 0 Å². The van der Waals surface area contributed by atoms with Crippen molar-refractivity contribution in [3.05, 3.63) is 18.2 Å². The summed E-state index contributed by atoms with van der Waals surface area (Å²) in [5.41, 5.74) is 0.633. The van der Waals surface area contributed by atoms with Crippen molar-refractivity contribution in [1.82, 2.24) is 4.98 Å². The molecule has 0 spiro atoms. The molecule has 0 saturated carbocycles. The van der Waals surface area contributed by atoms with Crippen molar-refractivity contribution >= 4 is 42.6 Å². The van der Waals surface area contributed by atoms with E-state index < -0.39 is 15.9 Å². The number of ether oxygens (including phenoxy) is 1. The van der Waals surface area contributed by atoms with E-state index in [9.17, 15) is 13.2 Å². The number of nitrogens with zero attached hydrogens (tertiary/aromatic N) is 1. The van der Waals surface area contributed by atoms with Crippen molar-refractivity contribution < 1.29 is 17.9 Å². The molecule has 2 aromatic rings. The Bertz CT molecular complexity index is 737. The van der Waals surface area contributed by atoms with Gasteiger partial charge >= 0.3 is 6.09 Å². The number of carbonyl (C=O) groups excluding carboxylic acids is 1. The maximum absolute atomic E-state index is 11.5. The zero-order valence-corrected chi connectivity index (χ0v) is 12.7. The van der Waals surface area contributed by atoms with E-state index in [1.54, 1.807) is 12.1 Å². The molecule has 1 heterocycles. The number of hydrogen-bond acceptors (Lipinski definition) is 6. The average molecular weight is 314 g/mol. The van der Waals surface area contributed by atoms with Crippen LogP contribution in [-0.4, -0.2) is 32.4 Å². The second-order valence-electron chi connectivity index (χ2n) is 4.18. The van der Waals surface area contributed by atoms with E-state index in [1.807, 2.05) is 6.92 Å². The summed E-state index contributed by atoms with van der Waals surface area (Å²) >= 11 is 1.20. The van der Waals surface area contributed by atoms with Crippen molar-refractivity contribution in [2.24, 2.45) is 0 Å². The molecule has 0 aliphatic carbocycles. The second-order valence-corrected chi connectivity index (χ2v) is 7.23. The lowest BCUT2D eigenvalue weighted by atomic mass is 10.3. The maximum atomic E-state index is 11.5. The van der Waals surface area contributed by atoms with Gasteiger partial charge in [-0.1, -0.05) is 18.3 Å². The largest absolute Gasteiger partial charge is 0.449 e.